The van der Waals surface area contributed by atoms with Crippen LogP contribution in [0.25, 0.3) is 10.9 Å². The molecule has 0 unspecified atom stereocenters. The lowest BCUT2D eigenvalue weighted by Gasteiger charge is -2.26. The standard InChI is InChI=1S/C23H26N6O5/c1-32-21-14-20-19(13-22(21)34-9-3-6-28-7-10-33-11-8-28)23(25-16-24-20)27-26-15-17-4-2-5-18(12-17)29(30)31/h2,4-5,12-16H,3,6-11H2,1H3,(H,24,25,27). The minimum absolute atomic E-state index is 0.000980. The number of nitro benzene ring substituents is 1. The number of hydrogen-bond donors (Lipinski definition) is 1. The summed E-state index contributed by atoms with van der Waals surface area (Å²) in [6, 6.07) is 9.83. The average molecular weight is 466 g/mol. The van der Waals surface area contributed by atoms with E-state index < -0.39 is 4.92 Å². The zero-order valence-electron chi connectivity index (χ0n) is 18.8. The van der Waals surface area contributed by atoms with Crippen LogP contribution in [0.4, 0.5) is 11.5 Å². The molecule has 1 N–H and O–H groups in total. The van der Waals surface area contributed by atoms with Gasteiger partial charge in [-0.15, -0.1) is 0 Å². The number of benzene rings is 2. The summed E-state index contributed by atoms with van der Waals surface area (Å²) in [4.78, 5) is 21.5. The van der Waals surface area contributed by atoms with Gasteiger partial charge in [-0.25, -0.2) is 9.97 Å². The highest BCUT2D eigenvalue weighted by molar-refractivity contribution is 5.92. The van der Waals surface area contributed by atoms with Gasteiger partial charge in [-0.2, -0.15) is 5.10 Å². The molecule has 2 heterocycles. The number of morpholine rings is 1. The van der Waals surface area contributed by atoms with Crippen molar-refractivity contribution in [1.82, 2.24) is 14.9 Å². The highest BCUT2D eigenvalue weighted by atomic mass is 16.6. The van der Waals surface area contributed by atoms with Crippen LogP contribution < -0.4 is 14.9 Å². The Morgan fingerprint density at radius 1 is 1.24 bits per heavy atom. The van der Waals surface area contributed by atoms with Crippen molar-refractivity contribution in [2.75, 3.05) is 52.0 Å². The number of nitrogens with one attached hydrogen (secondary N) is 1. The maximum atomic E-state index is 11.0. The summed E-state index contributed by atoms with van der Waals surface area (Å²) in [6.45, 7) is 4.94. The number of non-ortho nitro benzene ring substituents is 1. The first-order valence-electron chi connectivity index (χ1n) is 10.9. The lowest BCUT2D eigenvalue weighted by atomic mass is 10.2. The van der Waals surface area contributed by atoms with Crippen molar-refractivity contribution in [1.29, 1.82) is 0 Å². The van der Waals surface area contributed by atoms with Crippen molar-refractivity contribution >= 4 is 28.6 Å². The predicted octanol–water partition coefficient (Wildman–Crippen LogP) is 3.09. The zero-order chi connectivity index (χ0) is 23.8. The number of rotatable bonds is 10. The molecule has 11 heteroatoms. The molecule has 2 aromatic carbocycles. The molecular formula is C23H26N6O5. The van der Waals surface area contributed by atoms with Gasteiger partial charge in [0.1, 0.15) is 6.33 Å². The molecule has 1 fully saturated rings. The van der Waals surface area contributed by atoms with E-state index in [1.165, 1.54) is 24.7 Å². The van der Waals surface area contributed by atoms with Crippen molar-refractivity contribution in [3.05, 3.63) is 58.4 Å². The Hall–Kier alpha value is -3.83. The molecular weight excluding hydrogens is 440 g/mol. The Bertz CT molecular complexity index is 1170. The summed E-state index contributed by atoms with van der Waals surface area (Å²) in [5.74, 6) is 1.66. The van der Waals surface area contributed by atoms with Crippen LogP contribution in [0.15, 0.2) is 47.8 Å². The van der Waals surface area contributed by atoms with E-state index in [4.69, 9.17) is 14.2 Å². The number of nitrogens with zero attached hydrogens (tertiary/aromatic N) is 5. The Labute approximate surface area is 196 Å². The number of hydrazone groups is 1. The SMILES string of the molecule is COc1cc2ncnc(NN=Cc3cccc([N+](=O)[O-])c3)c2cc1OCCCN1CCOCC1. The van der Waals surface area contributed by atoms with Gasteiger partial charge in [0.15, 0.2) is 17.3 Å². The number of ether oxygens (including phenoxy) is 3. The molecule has 0 spiro atoms. The van der Waals surface area contributed by atoms with E-state index in [-0.39, 0.29) is 5.69 Å². The molecule has 0 atom stereocenters. The average Bonchev–Trinajstić information content (AvgIpc) is 2.87. The van der Waals surface area contributed by atoms with Gasteiger partial charge in [0.25, 0.3) is 5.69 Å². The number of anilines is 1. The van der Waals surface area contributed by atoms with Crippen molar-refractivity contribution in [3.8, 4) is 11.5 Å². The van der Waals surface area contributed by atoms with Crippen molar-refractivity contribution in [2.24, 2.45) is 5.10 Å². The number of methoxy groups -OCH3 is 1. The van der Waals surface area contributed by atoms with Crippen LogP contribution in [0.3, 0.4) is 0 Å². The fourth-order valence-corrected chi connectivity index (χ4v) is 3.61. The summed E-state index contributed by atoms with van der Waals surface area (Å²) in [5, 5.41) is 15.8. The van der Waals surface area contributed by atoms with Gasteiger partial charge in [-0.3, -0.25) is 20.4 Å². The van der Waals surface area contributed by atoms with E-state index in [1.54, 1.807) is 25.3 Å². The molecule has 0 saturated carbocycles. The Morgan fingerprint density at radius 2 is 2.09 bits per heavy atom. The Kier molecular flexibility index (Phi) is 7.79. The van der Waals surface area contributed by atoms with Crippen molar-refractivity contribution in [3.63, 3.8) is 0 Å². The van der Waals surface area contributed by atoms with Crippen LogP contribution in [0.1, 0.15) is 12.0 Å². The number of fused-ring (bicyclic) bond motifs is 1. The number of nitro groups is 1. The fraction of sp³-hybridized carbons (Fsp3) is 0.348. The van der Waals surface area contributed by atoms with Gasteiger partial charge in [-0.05, 0) is 12.5 Å². The molecule has 0 amide bonds. The number of aromatic nitrogens is 2. The second-order valence-corrected chi connectivity index (χ2v) is 7.62. The Balaban J connectivity index is 1.46. The summed E-state index contributed by atoms with van der Waals surface area (Å²) in [5.41, 5.74) is 4.15. The second kappa shape index (κ2) is 11.3. The van der Waals surface area contributed by atoms with Crippen LogP contribution in [-0.2, 0) is 4.74 Å². The van der Waals surface area contributed by atoms with Crippen LogP contribution in [0, 0.1) is 10.1 Å². The van der Waals surface area contributed by atoms with Gasteiger partial charge in [0.2, 0.25) is 0 Å². The summed E-state index contributed by atoms with van der Waals surface area (Å²) < 4.78 is 16.9. The smallest absolute Gasteiger partial charge is 0.270 e. The first-order valence-corrected chi connectivity index (χ1v) is 10.9. The molecule has 4 rings (SSSR count). The third kappa shape index (κ3) is 5.94. The van der Waals surface area contributed by atoms with Crippen molar-refractivity contribution in [2.45, 2.75) is 6.42 Å². The topological polar surface area (TPSA) is 124 Å². The largest absolute Gasteiger partial charge is 0.493 e. The summed E-state index contributed by atoms with van der Waals surface area (Å²) in [6.07, 6.45) is 3.80. The van der Waals surface area contributed by atoms with Crippen LogP contribution >= 0.6 is 0 Å². The van der Waals surface area contributed by atoms with Crippen LogP contribution in [0.2, 0.25) is 0 Å². The maximum absolute atomic E-state index is 11.0. The minimum Gasteiger partial charge on any atom is -0.493 e. The molecule has 1 aliphatic heterocycles. The molecule has 0 bridgehead atoms. The molecule has 1 saturated heterocycles. The van der Waals surface area contributed by atoms with Crippen molar-refractivity contribution < 1.29 is 19.1 Å². The van der Waals surface area contributed by atoms with E-state index in [9.17, 15) is 10.1 Å². The lowest BCUT2D eigenvalue weighted by Crippen LogP contribution is -2.37. The van der Waals surface area contributed by atoms with Crippen LogP contribution in [0.5, 0.6) is 11.5 Å². The van der Waals surface area contributed by atoms with Gasteiger partial charge >= 0.3 is 0 Å². The molecule has 11 nitrogen and oxygen atoms in total. The molecule has 178 valence electrons. The fourth-order valence-electron chi connectivity index (χ4n) is 3.61. The van der Waals surface area contributed by atoms with E-state index in [0.717, 1.165) is 39.3 Å². The minimum atomic E-state index is -0.446. The third-order valence-electron chi connectivity index (χ3n) is 5.37. The molecule has 0 radical (unpaired) electrons. The molecule has 0 aliphatic carbocycles. The second-order valence-electron chi connectivity index (χ2n) is 7.62. The first kappa shape index (κ1) is 23.3. The van der Waals surface area contributed by atoms with Gasteiger partial charge in [-0.1, -0.05) is 12.1 Å². The summed E-state index contributed by atoms with van der Waals surface area (Å²) >= 11 is 0. The number of hydrogen-bond acceptors (Lipinski definition) is 10. The van der Waals surface area contributed by atoms with E-state index in [0.29, 0.717) is 40.4 Å². The van der Waals surface area contributed by atoms with Gasteiger partial charge in [0, 0.05) is 48.8 Å². The van der Waals surface area contributed by atoms with Crippen LogP contribution in [-0.4, -0.2) is 72.6 Å². The zero-order valence-corrected chi connectivity index (χ0v) is 18.8. The lowest BCUT2D eigenvalue weighted by molar-refractivity contribution is -0.384. The normalized spacial score (nSPS) is 14.4. The third-order valence-corrected chi connectivity index (χ3v) is 5.37. The maximum Gasteiger partial charge on any atom is 0.270 e. The molecule has 34 heavy (non-hydrogen) atoms. The molecule has 1 aromatic heterocycles. The first-order chi connectivity index (χ1) is 16.6. The molecule has 3 aromatic rings. The molecule has 1 aliphatic rings. The van der Waals surface area contributed by atoms with E-state index in [2.05, 4.69) is 25.4 Å². The Morgan fingerprint density at radius 3 is 2.88 bits per heavy atom. The highest BCUT2D eigenvalue weighted by Gasteiger charge is 2.13. The van der Waals surface area contributed by atoms with E-state index >= 15 is 0 Å². The van der Waals surface area contributed by atoms with Gasteiger partial charge < -0.3 is 14.2 Å². The van der Waals surface area contributed by atoms with Gasteiger partial charge in [0.05, 0.1) is 43.6 Å². The quantitative estimate of drug-likeness (QED) is 0.208. The summed E-state index contributed by atoms with van der Waals surface area (Å²) in [7, 11) is 1.59. The highest BCUT2D eigenvalue weighted by Crippen LogP contribution is 2.34. The monoisotopic (exact) mass is 466 g/mol. The van der Waals surface area contributed by atoms with E-state index in [1.807, 2.05) is 6.07 Å². The predicted molar refractivity (Wildman–Crippen MR) is 128 cm³/mol.